The average Bonchev–Trinajstić information content (AvgIpc) is 2.61. The fourth-order valence-corrected chi connectivity index (χ4v) is 2.25. The molecule has 0 N–H and O–H groups in total. The molecule has 2 rings (SSSR count). The van der Waals surface area contributed by atoms with Gasteiger partial charge in [0.25, 0.3) is 0 Å². The summed E-state index contributed by atoms with van der Waals surface area (Å²) in [5, 5.41) is 10.1. The van der Waals surface area contributed by atoms with Crippen LogP contribution in [0.15, 0.2) is 24.4 Å². The molecule has 0 amide bonds. The number of aryl methyl sites for hydroxylation is 2. The van der Waals surface area contributed by atoms with E-state index in [1.54, 1.807) is 0 Å². The Balaban J connectivity index is 2.53. The average molecular weight is 212 g/mol. The predicted octanol–water partition coefficient (Wildman–Crippen LogP) is 3.42. The molecule has 2 aromatic rings. The molecule has 16 heavy (non-hydrogen) atoms. The number of hydrogen-bond acceptors (Lipinski definition) is 1. The van der Waals surface area contributed by atoms with Gasteiger partial charge in [0, 0.05) is 18.1 Å². The summed E-state index contributed by atoms with van der Waals surface area (Å²) in [5.74, 6) is 0.0521. The van der Waals surface area contributed by atoms with Crippen LogP contribution in [0.5, 0.6) is 0 Å². The van der Waals surface area contributed by atoms with Crippen LogP contribution in [0.2, 0.25) is 0 Å². The van der Waals surface area contributed by atoms with Crippen molar-refractivity contribution in [3.63, 3.8) is 0 Å². The van der Waals surface area contributed by atoms with Crippen LogP contribution in [0.25, 0.3) is 10.9 Å². The molecule has 1 heterocycles. The van der Waals surface area contributed by atoms with Crippen LogP contribution in [0.1, 0.15) is 18.1 Å². The maximum Gasteiger partial charge on any atom is 0.0671 e. The molecule has 1 aromatic heterocycles. The number of fused-ring (bicyclic) bond motifs is 1. The summed E-state index contributed by atoms with van der Waals surface area (Å²) in [6.07, 6.45) is 2.07. The second kappa shape index (κ2) is 4.02. The highest BCUT2D eigenvalue weighted by atomic mass is 15.0. The van der Waals surface area contributed by atoms with Gasteiger partial charge in [-0.3, -0.25) is 0 Å². The molecular weight excluding hydrogens is 196 g/mol. The number of hydrogen-bond donors (Lipinski definition) is 0. The first kappa shape index (κ1) is 10.8. The zero-order chi connectivity index (χ0) is 11.7. The van der Waals surface area contributed by atoms with Crippen LogP contribution < -0.4 is 0 Å². The molecule has 2 nitrogen and oxygen atoms in total. The second-order valence-electron chi connectivity index (χ2n) is 4.52. The van der Waals surface area contributed by atoms with Crippen molar-refractivity contribution in [3.05, 3.63) is 35.5 Å². The van der Waals surface area contributed by atoms with E-state index in [1.807, 2.05) is 6.92 Å². The molecule has 0 bridgehead atoms. The van der Waals surface area contributed by atoms with E-state index < -0.39 is 0 Å². The summed E-state index contributed by atoms with van der Waals surface area (Å²) in [6, 6.07) is 8.78. The van der Waals surface area contributed by atoms with Gasteiger partial charge in [-0.15, -0.1) is 0 Å². The van der Waals surface area contributed by atoms with Gasteiger partial charge in [-0.2, -0.15) is 5.26 Å². The Morgan fingerprint density at radius 1 is 1.38 bits per heavy atom. The van der Waals surface area contributed by atoms with Gasteiger partial charge in [0.15, 0.2) is 0 Å². The Morgan fingerprint density at radius 3 is 2.81 bits per heavy atom. The molecule has 1 aromatic carbocycles. The molecule has 2 heteroatoms. The van der Waals surface area contributed by atoms with Crippen LogP contribution in [-0.4, -0.2) is 4.57 Å². The van der Waals surface area contributed by atoms with Crippen LogP contribution in [0.4, 0.5) is 0 Å². The zero-order valence-corrected chi connectivity index (χ0v) is 9.99. The third kappa shape index (κ3) is 1.81. The molecule has 1 unspecified atom stereocenters. The first-order chi connectivity index (χ1) is 7.61. The topological polar surface area (TPSA) is 28.7 Å². The van der Waals surface area contributed by atoms with Gasteiger partial charge in [0.05, 0.1) is 17.5 Å². The van der Waals surface area contributed by atoms with E-state index in [2.05, 4.69) is 48.9 Å². The zero-order valence-electron chi connectivity index (χ0n) is 9.99. The maximum absolute atomic E-state index is 8.86. The van der Waals surface area contributed by atoms with Crippen LogP contribution in [-0.2, 0) is 6.54 Å². The first-order valence-electron chi connectivity index (χ1n) is 5.57. The van der Waals surface area contributed by atoms with Gasteiger partial charge in [0.1, 0.15) is 0 Å². The monoisotopic (exact) mass is 212 g/mol. The number of nitrogens with zero attached hydrogens (tertiary/aromatic N) is 2. The number of aromatic nitrogens is 1. The predicted molar refractivity (Wildman–Crippen MR) is 66.2 cm³/mol. The molecule has 0 saturated heterocycles. The number of nitriles is 1. The molecular formula is C14H16N2. The van der Waals surface area contributed by atoms with Crippen LogP contribution in [0.3, 0.4) is 0 Å². The van der Waals surface area contributed by atoms with Crippen molar-refractivity contribution in [3.8, 4) is 6.07 Å². The molecule has 1 atom stereocenters. The minimum Gasteiger partial charge on any atom is -0.346 e. The summed E-state index contributed by atoms with van der Waals surface area (Å²) in [7, 11) is 0. The van der Waals surface area contributed by atoms with Gasteiger partial charge in [0.2, 0.25) is 0 Å². The highest BCUT2D eigenvalue weighted by Gasteiger charge is 2.07. The van der Waals surface area contributed by atoms with E-state index in [4.69, 9.17) is 5.26 Å². The molecule has 0 spiro atoms. The number of rotatable bonds is 2. The lowest BCUT2D eigenvalue weighted by molar-refractivity contribution is 0.595. The lowest BCUT2D eigenvalue weighted by Gasteiger charge is -2.09. The normalized spacial score (nSPS) is 12.6. The standard InChI is InChI=1S/C14H16N2/c1-10-6-12(3)14-13(7-10)4-5-16(14)9-11(2)8-15/h4-7,11H,9H2,1-3H3. The minimum absolute atomic E-state index is 0.0521. The highest BCUT2D eigenvalue weighted by molar-refractivity contribution is 5.84. The van der Waals surface area contributed by atoms with Gasteiger partial charge in [-0.1, -0.05) is 11.6 Å². The van der Waals surface area contributed by atoms with Gasteiger partial charge < -0.3 is 4.57 Å². The Hall–Kier alpha value is -1.75. The Labute approximate surface area is 96.1 Å². The van der Waals surface area contributed by atoms with Gasteiger partial charge in [-0.25, -0.2) is 0 Å². The molecule has 0 fully saturated rings. The van der Waals surface area contributed by atoms with E-state index >= 15 is 0 Å². The minimum atomic E-state index is 0.0521. The van der Waals surface area contributed by atoms with E-state index in [9.17, 15) is 0 Å². The summed E-state index contributed by atoms with van der Waals surface area (Å²) >= 11 is 0. The van der Waals surface area contributed by atoms with Crippen molar-refractivity contribution in [2.45, 2.75) is 27.3 Å². The lowest BCUT2D eigenvalue weighted by Crippen LogP contribution is -2.04. The molecule has 0 aliphatic carbocycles. The smallest absolute Gasteiger partial charge is 0.0671 e. The Bertz CT molecular complexity index is 558. The van der Waals surface area contributed by atoms with Gasteiger partial charge >= 0.3 is 0 Å². The molecule has 0 radical (unpaired) electrons. The quantitative estimate of drug-likeness (QED) is 0.749. The third-order valence-electron chi connectivity index (χ3n) is 2.89. The largest absolute Gasteiger partial charge is 0.346 e. The third-order valence-corrected chi connectivity index (χ3v) is 2.89. The summed E-state index contributed by atoms with van der Waals surface area (Å²) in [6.45, 7) is 6.96. The van der Waals surface area contributed by atoms with E-state index in [0.29, 0.717) is 0 Å². The fourth-order valence-electron chi connectivity index (χ4n) is 2.25. The van der Waals surface area contributed by atoms with E-state index in [-0.39, 0.29) is 5.92 Å². The fraction of sp³-hybridized carbons (Fsp3) is 0.357. The molecule has 0 aliphatic heterocycles. The Morgan fingerprint density at radius 2 is 2.12 bits per heavy atom. The maximum atomic E-state index is 8.86. The van der Waals surface area contributed by atoms with Crippen LogP contribution >= 0.6 is 0 Å². The van der Waals surface area contributed by atoms with Crippen molar-refractivity contribution in [2.75, 3.05) is 0 Å². The van der Waals surface area contributed by atoms with Crippen molar-refractivity contribution in [1.29, 1.82) is 5.26 Å². The molecule has 82 valence electrons. The van der Waals surface area contributed by atoms with E-state index in [0.717, 1.165) is 6.54 Å². The van der Waals surface area contributed by atoms with Crippen molar-refractivity contribution in [1.82, 2.24) is 4.57 Å². The van der Waals surface area contributed by atoms with Crippen molar-refractivity contribution < 1.29 is 0 Å². The second-order valence-corrected chi connectivity index (χ2v) is 4.52. The summed E-state index contributed by atoms with van der Waals surface area (Å²) in [4.78, 5) is 0. The lowest BCUT2D eigenvalue weighted by atomic mass is 10.1. The summed E-state index contributed by atoms with van der Waals surface area (Å²) < 4.78 is 2.18. The van der Waals surface area contributed by atoms with Gasteiger partial charge in [-0.05, 0) is 38.5 Å². The van der Waals surface area contributed by atoms with Crippen molar-refractivity contribution >= 4 is 10.9 Å². The highest BCUT2D eigenvalue weighted by Crippen LogP contribution is 2.22. The summed E-state index contributed by atoms with van der Waals surface area (Å²) in [5.41, 5.74) is 3.83. The first-order valence-corrected chi connectivity index (χ1v) is 5.57. The number of benzene rings is 1. The molecule has 0 saturated carbocycles. The van der Waals surface area contributed by atoms with Crippen molar-refractivity contribution in [2.24, 2.45) is 5.92 Å². The van der Waals surface area contributed by atoms with Crippen LogP contribution in [0, 0.1) is 31.1 Å². The van der Waals surface area contributed by atoms with E-state index in [1.165, 1.54) is 22.0 Å². The Kier molecular flexibility index (Phi) is 2.70. The SMILES string of the molecule is Cc1cc(C)c2c(ccn2CC(C)C#N)c1. The molecule has 0 aliphatic rings.